The normalized spacial score (nSPS) is 10.4. The van der Waals surface area contributed by atoms with Gasteiger partial charge in [-0.3, -0.25) is 0 Å². The maximum Gasteiger partial charge on any atom is 0.216 e. The number of hydrogen-bond acceptors (Lipinski definition) is 3. The van der Waals surface area contributed by atoms with Crippen molar-refractivity contribution in [1.29, 1.82) is 0 Å². The second-order valence-electron chi connectivity index (χ2n) is 3.23. The molecule has 0 amide bonds. The lowest BCUT2D eigenvalue weighted by atomic mass is 10.1. The number of hydrogen-bond donors (Lipinski definition) is 1. The molecule has 0 aliphatic carbocycles. The number of nitrogen functional groups attached to an aromatic ring is 1. The van der Waals surface area contributed by atoms with Crippen molar-refractivity contribution in [3.63, 3.8) is 0 Å². The number of benzene rings is 1. The van der Waals surface area contributed by atoms with Crippen molar-refractivity contribution in [3.05, 3.63) is 29.8 Å². The van der Waals surface area contributed by atoms with Gasteiger partial charge in [0, 0.05) is 10.9 Å². The number of methoxy groups -OCH3 is 1. The zero-order valence-corrected chi connectivity index (χ0v) is 8.24. The van der Waals surface area contributed by atoms with E-state index in [0.717, 1.165) is 16.5 Å². The highest BCUT2D eigenvalue weighted by Gasteiger charge is 2.04. The number of nitrogens with zero attached hydrogens (tertiary/aromatic N) is 1. The van der Waals surface area contributed by atoms with Gasteiger partial charge in [-0.15, -0.1) is 0 Å². The fourth-order valence-electron chi connectivity index (χ4n) is 1.52. The van der Waals surface area contributed by atoms with Crippen molar-refractivity contribution in [2.75, 3.05) is 12.8 Å². The molecule has 0 fully saturated rings. The molecule has 0 aliphatic rings. The molecule has 14 heavy (non-hydrogen) atoms. The third-order valence-electron chi connectivity index (χ3n) is 2.21. The van der Waals surface area contributed by atoms with Crippen LogP contribution in [0.3, 0.4) is 0 Å². The summed E-state index contributed by atoms with van der Waals surface area (Å²) in [5, 5.41) is 1.04. The van der Waals surface area contributed by atoms with E-state index in [2.05, 4.69) is 4.98 Å². The first-order valence-corrected chi connectivity index (χ1v) is 4.42. The Labute approximate surface area is 82.5 Å². The van der Waals surface area contributed by atoms with Crippen molar-refractivity contribution in [2.45, 2.75) is 6.92 Å². The second kappa shape index (κ2) is 3.18. The Morgan fingerprint density at radius 3 is 2.86 bits per heavy atom. The fourth-order valence-corrected chi connectivity index (χ4v) is 1.52. The number of para-hydroxylation sites is 1. The van der Waals surface area contributed by atoms with E-state index in [1.54, 1.807) is 7.11 Å². The number of aromatic nitrogens is 1. The fraction of sp³-hybridized carbons (Fsp3) is 0.182. The summed E-state index contributed by atoms with van der Waals surface area (Å²) in [5.74, 6) is 0.635. The Morgan fingerprint density at radius 2 is 2.14 bits per heavy atom. The number of ether oxygens (including phenoxy) is 1. The molecule has 2 N–H and O–H groups in total. The van der Waals surface area contributed by atoms with E-state index in [4.69, 9.17) is 10.5 Å². The Balaban J connectivity index is 2.80. The summed E-state index contributed by atoms with van der Waals surface area (Å²) in [6, 6.07) is 7.78. The monoisotopic (exact) mass is 188 g/mol. The van der Waals surface area contributed by atoms with Gasteiger partial charge in [0.15, 0.2) is 0 Å². The minimum atomic E-state index is 0.635. The van der Waals surface area contributed by atoms with Crippen molar-refractivity contribution >= 4 is 16.6 Å². The van der Waals surface area contributed by atoms with E-state index in [9.17, 15) is 0 Å². The lowest BCUT2D eigenvalue weighted by molar-refractivity contribution is 0.396. The van der Waals surface area contributed by atoms with Crippen LogP contribution in [0, 0.1) is 6.92 Å². The number of nitrogens with two attached hydrogens (primary N) is 1. The van der Waals surface area contributed by atoms with Gasteiger partial charge in [0.2, 0.25) is 5.88 Å². The van der Waals surface area contributed by atoms with Gasteiger partial charge in [-0.2, -0.15) is 0 Å². The molecular weight excluding hydrogens is 176 g/mol. The quantitative estimate of drug-likeness (QED) is 0.697. The van der Waals surface area contributed by atoms with E-state index in [0.29, 0.717) is 11.6 Å². The molecule has 0 bridgehead atoms. The third kappa shape index (κ3) is 1.27. The van der Waals surface area contributed by atoms with Gasteiger partial charge >= 0.3 is 0 Å². The summed E-state index contributed by atoms with van der Waals surface area (Å²) in [7, 11) is 1.61. The molecule has 72 valence electrons. The van der Waals surface area contributed by atoms with Crippen LogP contribution in [-0.4, -0.2) is 12.1 Å². The standard InChI is InChI=1S/C11H12N2O/c1-7-6-8-4-3-5-9(12)10(8)13-11(7)14-2/h3-6H,12H2,1-2H3. The van der Waals surface area contributed by atoms with Gasteiger partial charge in [0.1, 0.15) is 0 Å². The Bertz CT molecular complexity index is 480. The molecule has 0 saturated heterocycles. The SMILES string of the molecule is COc1nc2c(N)cccc2cc1C. The largest absolute Gasteiger partial charge is 0.481 e. The molecule has 3 nitrogen and oxygen atoms in total. The van der Waals surface area contributed by atoms with Gasteiger partial charge in [0.05, 0.1) is 18.3 Å². The van der Waals surface area contributed by atoms with Crippen LogP contribution in [0.2, 0.25) is 0 Å². The molecular formula is C11H12N2O. The van der Waals surface area contributed by atoms with Crippen molar-refractivity contribution in [2.24, 2.45) is 0 Å². The summed E-state index contributed by atoms with van der Waals surface area (Å²) in [6.45, 7) is 1.97. The van der Waals surface area contributed by atoms with Crippen LogP contribution in [0.15, 0.2) is 24.3 Å². The van der Waals surface area contributed by atoms with Crippen molar-refractivity contribution in [3.8, 4) is 5.88 Å². The lowest BCUT2D eigenvalue weighted by Gasteiger charge is -2.06. The molecule has 2 rings (SSSR count). The first-order chi connectivity index (χ1) is 6.72. The summed E-state index contributed by atoms with van der Waals surface area (Å²) in [5.41, 5.74) is 8.31. The number of aryl methyl sites for hydroxylation is 1. The molecule has 3 heteroatoms. The molecule has 2 aromatic rings. The molecule has 0 unspecified atom stereocenters. The predicted octanol–water partition coefficient (Wildman–Crippen LogP) is 2.13. The zero-order chi connectivity index (χ0) is 10.1. The van der Waals surface area contributed by atoms with Crippen LogP contribution in [0.25, 0.3) is 10.9 Å². The molecule has 1 aromatic heterocycles. The minimum Gasteiger partial charge on any atom is -0.481 e. The van der Waals surface area contributed by atoms with Crippen molar-refractivity contribution in [1.82, 2.24) is 4.98 Å². The lowest BCUT2D eigenvalue weighted by Crippen LogP contribution is -1.95. The second-order valence-corrected chi connectivity index (χ2v) is 3.23. The topological polar surface area (TPSA) is 48.1 Å². The minimum absolute atomic E-state index is 0.635. The Kier molecular flexibility index (Phi) is 2.00. The maximum atomic E-state index is 5.81. The molecule has 1 aromatic carbocycles. The van der Waals surface area contributed by atoms with Gasteiger partial charge in [0.25, 0.3) is 0 Å². The molecule has 0 saturated carbocycles. The molecule has 0 atom stereocenters. The average molecular weight is 188 g/mol. The number of pyridine rings is 1. The average Bonchev–Trinajstić information content (AvgIpc) is 2.17. The van der Waals surface area contributed by atoms with Crippen LogP contribution < -0.4 is 10.5 Å². The Hall–Kier alpha value is -1.77. The Morgan fingerprint density at radius 1 is 1.36 bits per heavy atom. The van der Waals surface area contributed by atoms with E-state index in [1.807, 2.05) is 31.2 Å². The van der Waals surface area contributed by atoms with Crippen LogP contribution in [0.1, 0.15) is 5.56 Å². The highest BCUT2D eigenvalue weighted by molar-refractivity contribution is 5.90. The first kappa shape index (κ1) is 8.81. The molecule has 0 spiro atoms. The van der Waals surface area contributed by atoms with Crippen LogP contribution in [0.4, 0.5) is 5.69 Å². The van der Waals surface area contributed by atoms with Gasteiger partial charge in [-0.25, -0.2) is 4.98 Å². The van der Waals surface area contributed by atoms with E-state index < -0.39 is 0 Å². The molecule has 0 aliphatic heterocycles. The molecule has 1 heterocycles. The van der Waals surface area contributed by atoms with Gasteiger partial charge in [-0.05, 0) is 19.1 Å². The molecule has 0 radical (unpaired) electrons. The number of anilines is 1. The van der Waals surface area contributed by atoms with Crippen LogP contribution in [-0.2, 0) is 0 Å². The van der Waals surface area contributed by atoms with Crippen LogP contribution in [0.5, 0.6) is 5.88 Å². The number of rotatable bonds is 1. The van der Waals surface area contributed by atoms with Gasteiger partial charge in [-0.1, -0.05) is 12.1 Å². The van der Waals surface area contributed by atoms with E-state index in [1.165, 1.54) is 0 Å². The highest BCUT2D eigenvalue weighted by atomic mass is 16.5. The van der Waals surface area contributed by atoms with E-state index >= 15 is 0 Å². The van der Waals surface area contributed by atoms with Gasteiger partial charge < -0.3 is 10.5 Å². The summed E-state index contributed by atoms with van der Waals surface area (Å²) >= 11 is 0. The summed E-state index contributed by atoms with van der Waals surface area (Å²) in [6.07, 6.45) is 0. The van der Waals surface area contributed by atoms with Crippen LogP contribution >= 0.6 is 0 Å². The first-order valence-electron chi connectivity index (χ1n) is 4.42. The smallest absolute Gasteiger partial charge is 0.216 e. The van der Waals surface area contributed by atoms with Crippen molar-refractivity contribution < 1.29 is 4.74 Å². The zero-order valence-electron chi connectivity index (χ0n) is 8.24. The third-order valence-corrected chi connectivity index (χ3v) is 2.21. The predicted molar refractivity (Wildman–Crippen MR) is 57.4 cm³/mol. The summed E-state index contributed by atoms with van der Waals surface area (Å²) in [4.78, 5) is 4.35. The summed E-state index contributed by atoms with van der Waals surface area (Å²) < 4.78 is 5.14. The van der Waals surface area contributed by atoms with E-state index in [-0.39, 0.29) is 0 Å². The number of fused-ring (bicyclic) bond motifs is 1. The maximum absolute atomic E-state index is 5.81. The highest BCUT2D eigenvalue weighted by Crippen LogP contribution is 2.24.